The lowest BCUT2D eigenvalue weighted by molar-refractivity contribution is -0.131. The first-order chi connectivity index (χ1) is 21.0. The molecule has 5 amide bonds. The molecule has 0 N–H and O–H groups in total. The van der Waals surface area contributed by atoms with Gasteiger partial charge in [-0.2, -0.15) is 4.99 Å². The fourth-order valence-electron chi connectivity index (χ4n) is 10.1. The lowest BCUT2D eigenvalue weighted by atomic mass is 9.71. The summed E-state index contributed by atoms with van der Waals surface area (Å²) in [7, 11) is 7.14. The number of fused-ring (bicyclic) bond motifs is 2. The van der Waals surface area contributed by atoms with Crippen molar-refractivity contribution in [1.29, 1.82) is 0 Å². The van der Waals surface area contributed by atoms with Crippen LogP contribution in [0.2, 0.25) is 0 Å². The van der Waals surface area contributed by atoms with E-state index in [0.717, 1.165) is 77.5 Å². The Balaban J connectivity index is 0.000000175. The lowest BCUT2D eigenvalue weighted by Crippen LogP contribution is -2.40. The van der Waals surface area contributed by atoms with E-state index in [0.29, 0.717) is 35.5 Å². The van der Waals surface area contributed by atoms with Gasteiger partial charge in [0.1, 0.15) is 0 Å². The van der Waals surface area contributed by atoms with Crippen LogP contribution in [0.1, 0.15) is 77.0 Å². The molecule has 4 aliphatic carbocycles. The molecule has 0 bridgehead atoms. The Kier molecular flexibility index (Phi) is 9.61. The minimum Gasteiger partial charge on any atom is -0.331 e. The molecule has 6 fully saturated rings. The Morgan fingerprint density at radius 3 is 1.52 bits per heavy atom. The maximum absolute atomic E-state index is 12.6. The average molecular weight is 611 g/mol. The summed E-state index contributed by atoms with van der Waals surface area (Å²) >= 11 is 0. The van der Waals surface area contributed by atoms with Crippen molar-refractivity contribution in [1.82, 2.24) is 19.6 Å². The summed E-state index contributed by atoms with van der Waals surface area (Å²) in [6.07, 6.45) is 14.7. The molecule has 2 heterocycles. The van der Waals surface area contributed by atoms with Gasteiger partial charge in [0.25, 0.3) is 0 Å². The fourth-order valence-corrected chi connectivity index (χ4v) is 10.1. The molecule has 0 aromatic heterocycles. The van der Waals surface area contributed by atoms with E-state index < -0.39 is 5.41 Å². The Morgan fingerprint density at radius 1 is 0.727 bits per heavy atom. The number of rotatable bonds is 4. The Hall–Kier alpha value is -3.10. The molecule has 4 atom stereocenters. The summed E-state index contributed by atoms with van der Waals surface area (Å²) in [6, 6.07) is 0.155. The summed E-state index contributed by atoms with van der Waals surface area (Å²) in [4.78, 5) is 61.9. The number of urea groups is 2. The molecule has 0 aromatic rings. The van der Waals surface area contributed by atoms with Crippen molar-refractivity contribution < 1.29 is 19.2 Å². The highest BCUT2D eigenvalue weighted by atomic mass is 16.2. The van der Waals surface area contributed by atoms with Gasteiger partial charge in [-0.3, -0.25) is 4.79 Å². The zero-order valence-corrected chi connectivity index (χ0v) is 27.0. The lowest BCUT2D eigenvalue weighted by Gasteiger charge is -2.34. The third-order valence-corrected chi connectivity index (χ3v) is 12.0. The van der Waals surface area contributed by atoms with Crippen molar-refractivity contribution in [3.63, 3.8) is 0 Å². The molecule has 12 nitrogen and oxygen atoms in total. The molecular formula is C32H50N8O4. The third kappa shape index (κ3) is 6.08. The van der Waals surface area contributed by atoms with Crippen molar-refractivity contribution in [2.24, 2.45) is 51.0 Å². The smallest absolute Gasteiger partial charge is 0.319 e. The van der Waals surface area contributed by atoms with Crippen LogP contribution in [-0.4, -0.2) is 104 Å². The van der Waals surface area contributed by atoms with E-state index in [-0.39, 0.29) is 23.5 Å². The van der Waals surface area contributed by atoms with Gasteiger partial charge in [-0.15, -0.1) is 0 Å². The number of amides is 5. The van der Waals surface area contributed by atoms with Gasteiger partial charge < -0.3 is 19.6 Å². The summed E-state index contributed by atoms with van der Waals surface area (Å²) in [5.41, 5.74) is 8.08. The van der Waals surface area contributed by atoms with Gasteiger partial charge in [0.05, 0.1) is 5.54 Å². The number of hydrogen-bond acceptors (Lipinski definition) is 5. The largest absolute Gasteiger partial charge is 0.331 e. The molecule has 6 aliphatic rings. The Labute approximate surface area is 261 Å². The molecule has 0 radical (unpaired) electrons. The molecule has 44 heavy (non-hydrogen) atoms. The van der Waals surface area contributed by atoms with E-state index in [1.54, 1.807) is 38.0 Å². The molecule has 4 unspecified atom stereocenters. The van der Waals surface area contributed by atoms with Crippen LogP contribution in [-0.2, 0) is 9.59 Å². The number of carbonyl (C=O) groups excluding carboxylic acids is 4. The molecule has 12 heteroatoms. The molecule has 6 rings (SSSR count). The van der Waals surface area contributed by atoms with Crippen molar-refractivity contribution in [3.05, 3.63) is 10.4 Å². The molecule has 242 valence electrons. The van der Waals surface area contributed by atoms with Crippen molar-refractivity contribution in [2.75, 3.05) is 54.4 Å². The number of azide groups is 1. The SMILES string of the molecule is CN(C)C(=O)N1CC2CC(C(=O)N=[N+]=[N-])(C3CCCC3)CC2C1.CN(C)C(=O)N1CC2CC(N=C=O)(C3CCCC3)CC2C1. The number of carbonyl (C=O) groups is 3. The van der Waals surface area contributed by atoms with E-state index in [4.69, 9.17) is 5.53 Å². The van der Waals surface area contributed by atoms with Gasteiger partial charge in [-0.1, -0.05) is 25.7 Å². The molecule has 4 saturated carbocycles. The molecule has 0 spiro atoms. The van der Waals surface area contributed by atoms with Crippen molar-refractivity contribution >= 4 is 24.0 Å². The zero-order valence-electron chi connectivity index (χ0n) is 27.0. The monoisotopic (exact) mass is 610 g/mol. The number of nitrogens with zero attached hydrogens (tertiary/aromatic N) is 8. The minimum absolute atomic E-state index is 0.0484. The third-order valence-electron chi connectivity index (χ3n) is 12.0. The highest BCUT2D eigenvalue weighted by molar-refractivity contribution is 5.84. The number of likely N-dealkylation sites (tertiary alicyclic amines) is 2. The van der Waals surface area contributed by atoms with Gasteiger partial charge in [0.2, 0.25) is 12.0 Å². The second kappa shape index (κ2) is 13.1. The van der Waals surface area contributed by atoms with Crippen LogP contribution < -0.4 is 0 Å². The van der Waals surface area contributed by atoms with E-state index in [1.807, 2.05) is 15.9 Å². The average Bonchev–Trinajstić information content (AvgIpc) is 3.81. The Morgan fingerprint density at radius 2 is 1.14 bits per heavy atom. The van der Waals surface area contributed by atoms with Crippen LogP contribution in [0, 0.1) is 40.9 Å². The van der Waals surface area contributed by atoms with Gasteiger partial charge in [0, 0.05) is 64.7 Å². The molecule has 0 aromatic carbocycles. The normalized spacial score (nSPS) is 34.5. The zero-order chi connectivity index (χ0) is 31.6. The van der Waals surface area contributed by atoms with E-state index in [2.05, 4.69) is 15.0 Å². The van der Waals surface area contributed by atoms with Gasteiger partial charge in [-0.05, 0) is 97.5 Å². The summed E-state index contributed by atoms with van der Waals surface area (Å²) < 4.78 is 0. The summed E-state index contributed by atoms with van der Waals surface area (Å²) in [5, 5.41) is 3.49. The minimum atomic E-state index is -0.467. The van der Waals surface area contributed by atoms with E-state index >= 15 is 0 Å². The first kappa shape index (κ1) is 32.3. The predicted octanol–water partition coefficient (Wildman–Crippen LogP) is 5.30. The first-order valence-electron chi connectivity index (χ1n) is 16.6. The summed E-state index contributed by atoms with van der Waals surface area (Å²) in [5.74, 6) is 2.38. The highest BCUT2D eigenvalue weighted by Crippen LogP contribution is 2.57. The van der Waals surface area contributed by atoms with Gasteiger partial charge in [-0.25, -0.2) is 14.4 Å². The second-order valence-electron chi connectivity index (χ2n) is 14.9. The number of isocyanates is 1. The number of aliphatic imine (C=N–C) groups is 1. The van der Waals surface area contributed by atoms with Gasteiger partial charge >= 0.3 is 12.1 Å². The first-order valence-corrected chi connectivity index (χ1v) is 16.6. The van der Waals surface area contributed by atoms with Crippen molar-refractivity contribution in [2.45, 2.75) is 82.6 Å². The van der Waals surface area contributed by atoms with Crippen LogP contribution in [0.25, 0.3) is 10.4 Å². The fraction of sp³-hybridized carbons (Fsp3) is 0.875. The van der Waals surface area contributed by atoms with Crippen LogP contribution >= 0.6 is 0 Å². The van der Waals surface area contributed by atoms with Crippen LogP contribution in [0.4, 0.5) is 9.59 Å². The standard InChI is InChI=1S/C16H25N5O2.C16H25N3O2/c1-20(2)15(23)21-9-11-7-16(8-12(11)10-21,14(22)18-19-17)13-5-3-4-6-13;1-18(2)15(21)19-9-12-7-16(17-11-20,8-13(12)10-19)14-5-3-4-6-14/h11-13H,3-10H2,1-2H3;12-14H,3-10H2,1-2H3. The van der Waals surface area contributed by atoms with Crippen LogP contribution in [0.15, 0.2) is 10.1 Å². The quantitative estimate of drug-likeness (QED) is 0.140. The maximum Gasteiger partial charge on any atom is 0.319 e. The summed E-state index contributed by atoms with van der Waals surface area (Å²) in [6.45, 7) is 3.09. The topological polar surface area (TPSA) is 142 Å². The maximum atomic E-state index is 12.6. The molecule has 2 saturated heterocycles. The predicted molar refractivity (Wildman–Crippen MR) is 165 cm³/mol. The highest BCUT2D eigenvalue weighted by Gasteiger charge is 2.57. The molecular weight excluding hydrogens is 560 g/mol. The number of hydrogen-bond donors (Lipinski definition) is 0. The van der Waals surface area contributed by atoms with Crippen LogP contribution in [0.5, 0.6) is 0 Å². The van der Waals surface area contributed by atoms with E-state index in [1.165, 1.54) is 25.7 Å². The van der Waals surface area contributed by atoms with Gasteiger partial charge in [0.15, 0.2) is 0 Å². The van der Waals surface area contributed by atoms with Crippen molar-refractivity contribution in [3.8, 4) is 0 Å². The Bertz CT molecular complexity index is 1170. The molecule has 2 aliphatic heterocycles. The second-order valence-corrected chi connectivity index (χ2v) is 14.9. The van der Waals surface area contributed by atoms with Crippen LogP contribution in [0.3, 0.4) is 0 Å². The van der Waals surface area contributed by atoms with E-state index in [9.17, 15) is 19.2 Å².